The highest BCUT2D eigenvalue weighted by Gasteiger charge is 2.07. The third-order valence-electron chi connectivity index (χ3n) is 2.28. The van der Waals surface area contributed by atoms with Crippen LogP contribution in [-0.2, 0) is 9.53 Å². The zero-order chi connectivity index (χ0) is 13.4. The molecule has 0 fully saturated rings. The first-order chi connectivity index (χ1) is 8.67. The topological polar surface area (TPSA) is 55.4 Å². The maximum Gasteiger partial charge on any atom is 0.338 e. The molecule has 0 atom stereocenters. The van der Waals surface area contributed by atoms with E-state index in [9.17, 15) is 9.59 Å². The fourth-order valence-electron chi connectivity index (χ4n) is 1.28. The number of esters is 1. The molecule has 18 heavy (non-hydrogen) atoms. The van der Waals surface area contributed by atoms with Crippen molar-refractivity contribution in [3.05, 3.63) is 29.8 Å². The number of hydrogen-bond donors (Lipinski definition) is 2. The molecule has 1 aromatic rings. The van der Waals surface area contributed by atoms with Crippen molar-refractivity contribution < 1.29 is 14.3 Å². The molecule has 1 rings (SSSR count). The zero-order valence-electron chi connectivity index (χ0n) is 10.3. The van der Waals surface area contributed by atoms with Crippen LogP contribution in [0.15, 0.2) is 24.3 Å². The average Bonchev–Trinajstić information content (AvgIpc) is 2.39. The van der Waals surface area contributed by atoms with Gasteiger partial charge in [-0.15, -0.1) is 0 Å². The number of nitrogens with one attached hydrogen (secondary N) is 1. The molecule has 1 amide bonds. The van der Waals surface area contributed by atoms with Gasteiger partial charge in [-0.3, -0.25) is 4.79 Å². The predicted molar refractivity (Wildman–Crippen MR) is 74.1 cm³/mol. The second kappa shape index (κ2) is 7.76. The maximum atomic E-state index is 11.6. The Morgan fingerprint density at radius 3 is 2.50 bits per heavy atom. The van der Waals surface area contributed by atoms with Crippen LogP contribution in [0.4, 0.5) is 5.69 Å². The molecule has 0 saturated carbocycles. The number of carbonyl (C=O) groups is 2. The highest BCUT2D eigenvalue weighted by atomic mass is 32.1. The Hall–Kier alpha value is -1.49. The zero-order valence-corrected chi connectivity index (χ0v) is 11.2. The van der Waals surface area contributed by atoms with Crippen molar-refractivity contribution in [2.45, 2.75) is 19.8 Å². The molecule has 0 heterocycles. The molecule has 0 unspecified atom stereocenters. The molecular weight excluding hydrogens is 250 g/mol. The Balaban J connectivity index is 2.54. The summed E-state index contributed by atoms with van der Waals surface area (Å²) in [6.07, 6.45) is 1.85. The number of rotatable bonds is 6. The van der Waals surface area contributed by atoms with Gasteiger partial charge in [-0.1, -0.05) is 13.3 Å². The molecule has 0 aliphatic rings. The number of carbonyl (C=O) groups excluding carboxylic acids is 2. The lowest BCUT2D eigenvalue weighted by Crippen LogP contribution is -2.13. The minimum Gasteiger partial charge on any atom is -0.462 e. The third-order valence-corrected chi connectivity index (χ3v) is 2.57. The van der Waals surface area contributed by atoms with Gasteiger partial charge in [0.25, 0.3) is 0 Å². The molecule has 0 aliphatic heterocycles. The summed E-state index contributed by atoms with van der Waals surface area (Å²) in [7, 11) is 0. The summed E-state index contributed by atoms with van der Waals surface area (Å²) < 4.78 is 5.07. The standard InChI is InChI=1S/C13H17NO3S/c1-2-3-8-17-13(16)10-4-6-11(7-5-10)14-12(15)9-18/h4-7,18H,2-3,8-9H2,1H3,(H,14,15). The summed E-state index contributed by atoms with van der Waals surface area (Å²) in [6.45, 7) is 2.47. The number of amides is 1. The summed E-state index contributed by atoms with van der Waals surface area (Å²) in [5.74, 6) is -0.395. The normalized spacial score (nSPS) is 9.89. The Labute approximate surface area is 112 Å². The third kappa shape index (κ3) is 4.79. The Bertz CT molecular complexity index is 403. The predicted octanol–water partition coefficient (Wildman–Crippen LogP) is 2.51. The number of benzene rings is 1. The lowest BCUT2D eigenvalue weighted by molar-refractivity contribution is -0.113. The van der Waals surface area contributed by atoms with Gasteiger partial charge in [0.1, 0.15) is 0 Å². The lowest BCUT2D eigenvalue weighted by atomic mass is 10.2. The lowest BCUT2D eigenvalue weighted by Gasteiger charge is -2.06. The summed E-state index contributed by atoms with van der Waals surface area (Å²) in [5.41, 5.74) is 1.12. The highest BCUT2D eigenvalue weighted by molar-refractivity contribution is 7.81. The molecule has 0 radical (unpaired) electrons. The van der Waals surface area contributed by atoms with Crippen molar-refractivity contribution in [2.75, 3.05) is 17.7 Å². The summed E-state index contributed by atoms with van der Waals surface area (Å²) in [4.78, 5) is 22.7. The molecule has 0 bridgehead atoms. The van der Waals surface area contributed by atoms with Gasteiger partial charge in [-0.2, -0.15) is 12.6 Å². The van der Waals surface area contributed by atoms with Crippen LogP contribution in [0.3, 0.4) is 0 Å². The van der Waals surface area contributed by atoms with E-state index in [1.165, 1.54) is 0 Å². The number of ether oxygens (including phenoxy) is 1. The first-order valence-corrected chi connectivity index (χ1v) is 6.48. The number of unbranched alkanes of at least 4 members (excludes halogenated alkanes) is 1. The van der Waals surface area contributed by atoms with Gasteiger partial charge in [0.15, 0.2) is 0 Å². The van der Waals surface area contributed by atoms with E-state index in [-0.39, 0.29) is 17.6 Å². The van der Waals surface area contributed by atoms with Crippen molar-refractivity contribution >= 4 is 30.2 Å². The smallest absolute Gasteiger partial charge is 0.338 e. The SMILES string of the molecule is CCCCOC(=O)c1ccc(NC(=O)CS)cc1. The second-order valence-electron chi connectivity index (χ2n) is 3.77. The van der Waals surface area contributed by atoms with Gasteiger partial charge < -0.3 is 10.1 Å². The van der Waals surface area contributed by atoms with E-state index < -0.39 is 0 Å². The molecular formula is C13H17NO3S. The Kier molecular flexibility index (Phi) is 6.28. The van der Waals surface area contributed by atoms with Crippen molar-refractivity contribution in [2.24, 2.45) is 0 Å². The van der Waals surface area contributed by atoms with Crippen LogP contribution in [0.1, 0.15) is 30.1 Å². The van der Waals surface area contributed by atoms with Gasteiger partial charge in [-0.25, -0.2) is 4.79 Å². The maximum absolute atomic E-state index is 11.6. The first kappa shape index (κ1) is 14.6. The van der Waals surface area contributed by atoms with Gasteiger partial charge in [0, 0.05) is 5.69 Å². The van der Waals surface area contributed by atoms with Crippen LogP contribution < -0.4 is 5.32 Å². The molecule has 0 aliphatic carbocycles. The number of thiol groups is 1. The van der Waals surface area contributed by atoms with Gasteiger partial charge in [0.2, 0.25) is 5.91 Å². The largest absolute Gasteiger partial charge is 0.462 e. The minimum absolute atomic E-state index is 0.126. The van der Waals surface area contributed by atoms with E-state index in [0.717, 1.165) is 12.8 Å². The molecule has 0 saturated heterocycles. The Morgan fingerprint density at radius 1 is 1.28 bits per heavy atom. The fraction of sp³-hybridized carbons (Fsp3) is 0.385. The van der Waals surface area contributed by atoms with E-state index in [1.807, 2.05) is 6.92 Å². The van der Waals surface area contributed by atoms with Gasteiger partial charge in [-0.05, 0) is 30.7 Å². The van der Waals surface area contributed by atoms with Crippen molar-refractivity contribution in [3.63, 3.8) is 0 Å². The highest BCUT2D eigenvalue weighted by Crippen LogP contribution is 2.10. The van der Waals surface area contributed by atoms with Crippen LogP contribution in [-0.4, -0.2) is 24.2 Å². The van der Waals surface area contributed by atoms with E-state index in [4.69, 9.17) is 4.74 Å². The summed E-state index contributed by atoms with van der Waals surface area (Å²) in [6, 6.07) is 6.58. The van der Waals surface area contributed by atoms with Crippen LogP contribution in [0.5, 0.6) is 0 Å². The van der Waals surface area contributed by atoms with Crippen LogP contribution in [0.2, 0.25) is 0 Å². The Morgan fingerprint density at radius 2 is 1.94 bits per heavy atom. The van der Waals surface area contributed by atoms with Crippen LogP contribution in [0, 0.1) is 0 Å². The van der Waals surface area contributed by atoms with Crippen molar-refractivity contribution in [3.8, 4) is 0 Å². The quantitative estimate of drug-likeness (QED) is 0.473. The molecule has 5 heteroatoms. The monoisotopic (exact) mass is 267 g/mol. The molecule has 98 valence electrons. The summed E-state index contributed by atoms with van der Waals surface area (Å²) in [5, 5.41) is 2.64. The van der Waals surface area contributed by atoms with Crippen molar-refractivity contribution in [1.29, 1.82) is 0 Å². The molecule has 0 aromatic heterocycles. The second-order valence-corrected chi connectivity index (χ2v) is 4.09. The van der Waals surface area contributed by atoms with Gasteiger partial charge >= 0.3 is 5.97 Å². The minimum atomic E-state index is -0.337. The summed E-state index contributed by atoms with van der Waals surface area (Å²) >= 11 is 3.86. The fourth-order valence-corrected chi connectivity index (χ4v) is 1.36. The van der Waals surface area contributed by atoms with Gasteiger partial charge in [0.05, 0.1) is 17.9 Å². The average molecular weight is 267 g/mol. The molecule has 0 spiro atoms. The molecule has 1 aromatic carbocycles. The van der Waals surface area contributed by atoms with E-state index >= 15 is 0 Å². The number of hydrogen-bond acceptors (Lipinski definition) is 4. The van der Waals surface area contributed by atoms with E-state index in [0.29, 0.717) is 17.9 Å². The van der Waals surface area contributed by atoms with E-state index in [1.54, 1.807) is 24.3 Å². The van der Waals surface area contributed by atoms with Crippen LogP contribution >= 0.6 is 12.6 Å². The number of anilines is 1. The first-order valence-electron chi connectivity index (χ1n) is 5.85. The van der Waals surface area contributed by atoms with Crippen molar-refractivity contribution in [1.82, 2.24) is 0 Å². The molecule has 1 N–H and O–H groups in total. The van der Waals surface area contributed by atoms with Crippen LogP contribution in [0.25, 0.3) is 0 Å². The molecule has 4 nitrogen and oxygen atoms in total. The van der Waals surface area contributed by atoms with E-state index in [2.05, 4.69) is 17.9 Å².